The highest BCUT2D eigenvalue weighted by Crippen LogP contribution is 2.29. The molecule has 2 rings (SSSR count). The van der Waals surface area contributed by atoms with Crippen molar-refractivity contribution >= 4 is 21.4 Å². The van der Waals surface area contributed by atoms with Crippen LogP contribution in [0.1, 0.15) is 0 Å². The van der Waals surface area contributed by atoms with Gasteiger partial charge < -0.3 is 5.11 Å². The van der Waals surface area contributed by atoms with E-state index in [1.165, 1.54) is 6.20 Å². The van der Waals surface area contributed by atoms with E-state index < -0.39 is 37.1 Å². The van der Waals surface area contributed by atoms with E-state index >= 15 is 0 Å². The van der Waals surface area contributed by atoms with Gasteiger partial charge in [0, 0.05) is 12.3 Å². The molecule has 110 valence electrons. The Morgan fingerprint density at radius 3 is 2.67 bits per heavy atom. The molecule has 10 heteroatoms. The van der Waals surface area contributed by atoms with Gasteiger partial charge in [-0.3, -0.25) is 19.8 Å². The van der Waals surface area contributed by atoms with Gasteiger partial charge in [0.25, 0.3) is 10.0 Å². The molecule has 0 amide bonds. The average molecular weight is 313 g/mol. The monoisotopic (exact) mass is 313 g/mol. The van der Waals surface area contributed by atoms with Gasteiger partial charge in [0.2, 0.25) is 0 Å². The van der Waals surface area contributed by atoms with E-state index in [9.17, 15) is 28.0 Å². The van der Waals surface area contributed by atoms with Crippen LogP contribution in [0.15, 0.2) is 41.6 Å². The number of aromatic nitrogens is 1. The van der Waals surface area contributed by atoms with Crippen molar-refractivity contribution in [3.63, 3.8) is 0 Å². The summed E-state index contributed by atoms with van der Waals surface area (Å²) in [5.41, 5.74) is -1.12. The van der Waals surface area contributed by atoms with E-state index in [4.69, 9.17) is 0 Å². The number of aromatic hydroxyl groups is 1. The van der Waals surface area contributed by atoms with E-state index in [1.54, 1.807) is 0 Å². The Hall–Kier alpha value is -2.75. The average Bonchev–Trinajstić information content (AvgIpc) is 2.41. The molecule has 0 saturated carbocycles. The molecule has 1 aromatic heterocycles. The SMILES string of the molecule is O=[N+]([O-])c1cc(S(=O)(=O)Nc2ccncc2F)ccc1O. The number of rotatable bonds is 4. The van der Waals surface area contributed by atoms with Crippen LogP contribution in [0.25, 0.3) is 0 Å². The molecule has 0 atom stereocenters. The summed E-state index contributed by atoms with van der Waals surface area (Å²) >= 11 is 0. The van der Waals surface area contributed by atoms with E-state index in [0.717, 1.165) is 24.4 Å². The smallest absolute Gasteiger partial charge is 0.312 e. The van der Waals surface area contributed by atoms with Crippen molar-refractivity contribution in [3.05, 3.63) is 52.6 Å². The molecule has 21 heavy (non-hydrogen) atoms. The van der Waals surface area contributed by atoms with Crippen molar-refractivity contribution in [2.24, 2.45) is 0 Å². The van der Waals surface area contributed by atoms with Crippen LogP contribution < -0.4 is 4.72 Å². The summed E-state index contributed by atoms with van der Waals surface area (Å²) < 4.78 is 39.4. The number of pyridine rings is 1. The van der Waals surface area contributed by atoms with Gasteiger partial charge in [-0.25, -0.2) is 12.8 Å². The number of phenolic OH excluding ortho intramolecular Hbond substituents is 1. The lowest BCUT2D eigenvalue weighted by Crippen LogP contribution is -2.14. The van der Waals surface area contributed by atoms with Crippen molar-refractivity contribution < 1.29 is 22.8 Å². The first-order valence-corrected chi connectivity index (χ1v) is 6.89. The number of sulfonamides is 1. The van der Waals surface area contributed by atoms with Crippen molar-refractivity contribution in [1.82, 2.24) is 4.98 Å². The zero-order chi connectivity index (χ0) is 15.6. The summed E-state index contributed by atoms with van der Waals surface area (Å²) in [5, 5.41) is 20.0. The van der Waals surface area contributed by atoms with Crippen LogP contribution in [0.5, 0.6) is 5.75 Å². The van der Waals surface area contributed by atoms with Gasteiger partial charge in [0.05, 0.1) is 21.7 Å². The predicted octanol–water partition coefficient (Wildman–Crippen LogP) is 1.64. The lowest BCUT2D eigenvalue weighted by Gasteiger charge is -2.08. The summed E-state index contributed by atoms with van der Waals surface area (Å²) in [5.74, 6) is -1.57. The number of halogens is 1. The topological polar surface area (TPSA) is 122 Å². The van der Waals surface area contributed by atoms with E-state index in [2.05, 4.69) is 4.98 Å². The quantitative estimate of drug-likeness (QED) is 0.653. The summed E-state index contributed by atoms with van der Waals surface area (Å²) in [6.07, 6.45) is 2.00. The molecule has 0 fully saturated rings. The molecule has 0 aliphatic heterocycles. The maximum Gasteiger partial charge on any atom is 0.312 e. The van der Waals surface area contributed by atoms with E-state index in [0.29, 0.717) is 6.07 Å². The molecule has 1 heterocycles. The molecule has 8 nitrogen and oxygen atoms in total. The number of nitrogens with one attached hydrogen (secondary N) is 1. The second-order valence-corrected chi connectivity index (χ2v) is 5.55. The third kappa shape index (κ3) is 3.05. The summed E-state index contributed by atoms with van der Waals surface area (Å²) in [6, 6.07) is 3.61. The number of hydrogen-bond donors (Lipinski definition) is 2. The van der Waals surface area contributed by atoms with Gasteiger partial charge >= 0.3 is 5.69 Å². The van der Waals surface area contributed by atoms with Gasteiger partial charge in [0.1, 0.15) is 0 Å². The Balaban J connectivity index is 2.43. The molecular weight excluding hydrogens is 305 g/mol. The van der Waals surface area contributed by atoms with Crippen molar-refractivity contribution in [2.45, 2.75) is 4.90 Å². The lowest BCUT2D eigenvalue weighted by atomic mass is 10.3. The fraction of sp³-hybridized carbons (Fsp3) is 0. The third-order valence-corrected chi connectivity index (χ3v) is 3.83. The summed E-state index contributed by atoms with van der Waals surface area (Å²) in [4.78, 5) is 12.7. The molecule has 0 aliphatic carbocycles. The first kappa shape index (κ1) is 14.7. The number of hydrogen-bond acceptors (Lipinski definition) is 6. The third-order valence-electron chi connectivity index (χ3n) is 2.47. The number of nitro benzene ring substituents is 1. The molecule has 2 aromatic rings. The Morgan fingerprint density at radius 2 is 2.05 bits per heavy atom. The summed E-state index contributed by atoms with van der Waals surface area (Å²) in [6.45, 7) is 0. The Morgan fingerprint density at radius 1 is 1.33 bits per heavy atom. The Kier molecular flexibility index (Phi) is 3.72. The highest BCUT2D eigenvalue weighted by Gasteiger charge is 2.22. The lowest BCUT2D eigenvalue weighted by molar-refractivity contribution is -0.386. The van der Waals surface area contributed by atoms with Gasteiger partial charge in [-0.2, -0.15) is 0 Å². The Labute approximate surface area is 118 Å². The van der Waals surface area contributed by atoms with Crippen LogP contribution in [-0.4, -0.2) is 23.4 Å². The van der Waals surface area contributed by atoms with Crippen molar-refractivity contribution in [1.29, 1.82) is 0 Å². The molecule has 2 N–H and O–H groups in total. The van der Waals surface area contributed by atoms with Crippen LogP contribution in [-0.2, 0) is 10.0 Å². The zero-order valence-corrected chi connectivity index (χ0v) is 11.0. The molecule has 0 radical (unpaired) electrons. The standard InChI is InChI=1S/C11H8FN3O5S/c12-8-6-13-4-3-9(8)14-21(19,20)7-1-2-11(16)10(5-7)15(17)18/h1-6,16H,(H,13,14). The first-order valence-electron chi connectivity index (χ1n) is 5.41. The fourth-order valence-corrected chi connectivity index (χ4v) is 2.57. The minimum absolute atomic E-state index is 0.347. The van der Waals surface area contributed by atoms with Crippen LogP contribution in [0, 0.1) is 15.9 Å². The normalized spacial score (nSPS) is 11.1. The van der Waals surface area contributed by atoms with Crippen LogP contribution >= 0.6 is 0 Å². The fourth-order valence-electron chi connectivity index (χ4n) is 1.48. The number of benzene rings is 1. The largest absolute Gasteiger partial charge is 0.502 e. The molecule has 0 spiro atoms. The molecule has 0 saturated heterocycles. The Bertz CT molecular complexity index is 809. The second-order valence-electron chi connectivity index (χ2n) is 3.87. The minimum atomic E-state index is -4.24. The maximum absolute atomic E-state index is 13.4. The second kappa shape index (κ2) is 5.32. The highest BCUT2D eigenvalue weighted by molar-refractivity contribution is 7.92. The van der Waals surface area contributed by atoms with E-state index in [-0.39, 0.29) is 5.69 Å². The highest BCUT2D eigenvalue weighted by atomic mass is 32.2. The van der Waals surface area contributed by atoms with Gasteiger partial charge in [-0.1, -0.05) is 0 Å². The predicted molar refractivity (Wildman–Crippen MR) is 69.8 cm³/mol. The number of phenols is 1. The van der Waals surface area contributed by atoms with Crippen LogP contribution in [0.4, 0.5) is 15.8 Å². The van der Waals surface area contributed by atoms with Crippen LogP contribution in [0.2, 0.25) is 0 Å². The van der Waals surface area contributed by atoms with Crippen LogP contribution in [0.3, 0.4) is 0 Å². The van der Waals surface area contributed by atoms with E-state index in [1.807, 2.05) is 4.72 Å². The zero-order valence-electron chi connectivity index (χ0n) is 10.2. The van der Waals surface area contributed by atoms with Gasteiger partial charge in [-0.05, 0) is 18.2 Å². The number of nitrogens with zero attached hydrogens (tertiary/aromatic N) is 2. The summed E-state index contributed by atoms with van der Waals surface area (Å²) in [7, 11) is -4.24. The van der Waals surface area contributed by atoms with Gasteiger partial charge in [0.15, 0.2) is 11.6 Å². The number of nitro groups is 1. The van der Waals surface area contributed by atoms with Crippen molar-refractivity contribution in [2.75, 3.05) is 4.72 Å². The molecule has 0 unspecified atom stereocenters. The maximum atomic E-state index is 13.4. The number of anilines is 1. The minimum Gasteiger partial charge on any atom is -0.502 e. The molecule has 1 aromatic carbocycles. The molecule has 0 bridgehead atoms. The molecule has 0 aliphatic rings. The first-order chi connectivity index (χ1) is 9.81. The molecular formula is C11H8FN3O5S. The van der Waals surface area contributed by atoms with Gasteiger partial charge in [-0.15, -0.1) is 0 Å². The van der Waals surface area contributed by atoms with Crippen molar-refractivity contribution in [3.8, 4) is 5.75 Å².